The predicted molar refractivity (Wildman–Crippen MR) is 55.1 cm³/mol. The smallest absolute Gasteiger partial charge is 0.438 e. The van der Waals surface area contributed by atoms with Gasteiger partial charge >= 0.3 is 12.3 Å². The van der Waals surface area contributed by atoms with Gasteiger partial charge in [0.2, 0.25) is 0 Å². The zero-order chi connectivity index (χ0) is 12.6. The van der Waals surface area contributed by atoms with Crippen molar-refractivity contribution in [3.05, 3.63) is 0 Å². The van der Waals surface area contributed by atoms with Crippen molar-refractivity contribution in [1.82, 2.24) is 0 Å². The van der Waals surface area contributed by atoms with E-state index < -0.39 is 18.4 Å². The van der Waals surface area contributed by atoms with E-state index >= 15 is 0 Å². The monoisotopic (exact) mass is 234 g/mol. The zero-order valence-corrected chi connectivity index (χ0v) is 10.0. The van der Waals surface area contributed by atoms with Gasteiger partial charge < -0.3 is 18.9 Å². The first-order valence-electron chi connectivity index (χ1n) is 4.99. The van der Waals surface area contributed by atoms with Gasteiger partial charge in [-0.15, -0.1) is 0 Å². The van der Waals surface area contributed by atoms with Gasteiger partial charge in [0, 0.05) is 0 Å². The molecule has 0 aliphatic carbocycles. The third-order valence-corrected chi connectivity index (χ3v) is 1.43. The number of hydrogen-bond donors (Lipinski definition) is 0. The Hall–Kier alpha value is -1.46. The molecule has 0 saturated heterocycles. The van der Waals surface area contributed by atoms with E-state index in [0.717, 1.165) is 0 Å². The molecule has 0 amide bonds. The molecule has 1 unspecified atom stereocenters. The number of carbonyl (C=O) groups excluding carboxylic acids is 2. The van der Waals surface area contributed by atoms with Crippen molar-refractivity contribution < 1.29 is 28.5 Å². The van der Waals surface area contributed by atoms with Crippen molar-refractivity contribution in [1.29, 1.82) is 0 Å². The molecule has 6 heteroatoms. The van der Waals surface area contributed by atoms with Crippen molar-refractivity contribution in [2.24, 2.45) is 5.92 Å². The summed E-state index contributed by atoms with van der Waals surface area (Å²) in [5, 5.41) is 0. The molecule has 0 aromatic carbocycles. The summed E-state index contributed by atoms with van der Waals surface area (Å²) in [6.45, 7) is 5.64. The summed E-state index contributed by atoms with van der Waals surface area (Å²) in [4.78, 5) is 21.7. The van der Waals surface area contributed by atoms with Gasteiger partial charge in [-0.25, -0.2) is 9.59 Å². The minimum Gasteiger partial charge on any atom is -0.438 e. The minimum absolute atomic E-state index is 0.0660. The Bertz CT molecular complexity index is 225. The molecule has 1 atom stereocenters. The summed E-state index contributed by atoms with van der Waals surface area (Å²) < 4.78 is 18.4. The molecule has 0 aliphatic rings. The number of ether oxygens (including phenoxy) is 4. The second-order valence-corrected chi connectivity index (χ2v) is 3.65. The van der Waals surface area contributed by atoms with E-state index in [1.807, 2.05) is 13.8 Å². The Balaban J connectivity index is 3.65. The van der Waals surface area contributed by atoms with Gasteiger partial charge in [0.15, 0.2) is 0 Å². The van der Waals surface area contributed by atoms with E-state index in [1.54, 1.807) is 6.92 Å². The molecule has 0 heterocycles. The lowest BCUT2D eigenvalue weighted by Gasteiger charge is -2.13. The summed E-state index contributed by atoms with van der Waals surface area (Å²) in [6.07, 6.45) is -2.15. The lowest BCUT2D eigenvalue weighted by Crippen LogP contribution is -2.23. The molecular weight excluding hydrogens is 216 g/mol. The van der Waals surface area contributed by atoms with E-state index in [1.165, 1.54) is 7.11 Å². The standard InChI is InChI=1S/C10H18O6/c1-7(2)5-14-10(12)16-8(3)6-15-9(11)13-4/h7-8H,5-6H2,1-4H3. The van der Waals surface area contributed by atoms with Crippen LogP contribution in [-0.4, -0.2) is 38.7 Å². The van der Waals surface area contributed by atoms with Gasteiger partial charge in [0.05, 0.1) is 13.7 Å². The Labute approximate surface area is 94.8 Å². The molecule has 0 aromatic heterocycles. The molecule has 16 heavy (non-hydrogen) atoms. The molecule has 6 nitrogen and oxygen atoms in total. The van der Waals surface area contributed by atoms with Crippen LogP contribution in [0, 0.1) is 5.92 Å². The van der Waals surface area contributed by atoms with Crippen molar-refractivity contribution >= 4 is 12.3 Å². The van der Waals surface area contributed by atoms with E-state index in [9.17, 15) is 9.59 Å². The lowest BCUT2D eigenvalue weighted by atomic mass is 10.2. The van der Waals surface area contributed by atoms with Gasteiger partial charge in [-0.05, 0) is 12.8 Å². The average Bonchev–Trinajstić information content (AvgIpc) is 2.23. The summed E-state index contributed by atoms with van der Waals surface area (Å²) in [7, 11) is 1.20. The summed E-state index contributed by atoms with van der Waals surface area (Å²) in [6, 6.07) is 0. The third-order valence-electron chi connectivity index (χ3n) is 1.43. The van der Waals surface area contributed by atoms with Gasteiger partial charge in [-0.1, -0.05) is 13.8 Å². The fraction of sp³-hybridized carbons (Fsp3) is 0.800. The molecular formula is C10H18O6. The molecule has 0 aromatic rings. The summed E-state index contributed by atoms with van der Waals surface area (Å²) >= 11 is 0. The molecule has 0 aliphatic heterocycles. The van der Waals surface area contributed by atoms with E-state index in [0.29, 0.717) is 6.61 Å². The van der Waals surface area contributed by atoms with E-state index in [4.69, 9.17) is 9.47 Å². The van der Waals surface area contributed by atoms with Crippen molar-refractivity contribution in [2.45, 2.75) is 26.9 Å². The van der Waals surface area contributed by atoms with E-state index in [-0.39, 0.29) is 12.5 Å². The van der Waals surface area contributed by atoms with Crippen LogP contribution in [0.2, 0.25) is 0 Å². The quantitative estimate of drug-likeness (QED) is 0.677. The van der Waals surface area contributed by atoms with E-state index in [2.05, 4.69) is 9.47 Å². The van der Waals surface area contributed by atoms with Crippen LogP contribution >= 0.6 is 0 Å². The van der Waals surface area contributed by atoms with Crippen LogP contribution in [0.25, 0.3) is 0 Å². The van der Waals surface area contributed by atoms with Crippen LogP contribution in [-0.2, 0) is 18.9 Å². The van der Waals surface area contributed by atoms with Crippen LogP contribution in [0.3, 0.4) is 0 Å². The summed E-state index contributed by atoms with van der Waals surface area (Å²) in [5.41, 5.74) is 0. The largest absolute Gasteiger partial charge is 0.508 e. The van der Waals surface area contributed by atoms with Gasteiger partial charge in [0.1, 0.15) is 12.7 Å². The normalized spacial score (nSPS) is 11.8. The second kappa shape index (κ2) is 7.78. The maximum atomic E-state index is 11.1. The molecule has 0 N–H and O–H groups in total. The number of rotatable bonds is 5. The first-order valence-corrected chi connectivity index (χ1v) is 4.99. The molecule has 0 saturated carbocycles. The highest BCUT2D eigenvalue weighted by Crippen LogP contribution is 1.99. The van der Waals surface area contributed by atoms with Crippen molar-refractivity contribution in [3.8, 4) is 0 Å². The van der Waals surface area contributed by atoms with Crippen LogP contribution < -0.4 is 0 Å². The molecule has 94 valence electrons. The third kappa shape index (κ3) is 7.90. The number of methoxy groups -OCH3 is 1. The van der Waals surface area contributed by atoms with Gasteiger partial charge in [0.25, 0.3) is 0 Å². The number of hydrogen-bond acceptors (Lipinski definition) is 6. The predicted octanol–water partition coefficient (Wildman–Crippen LogP) is 1.97. The zero-order valence-electron chi connectivity index (χ0n) is 10.0. The highest BCUT2D eigenvalue weighted by Gasteiger charge is 2.13. The van der Waals surface area contributed by atoms with Gasteiger partial charge in [-0.3, -0.25) is 0 Å². The lowest BCUT2D eigenvalue weighted by molar-refractivity contribution is -0.00972. The summed E-state index contributed by atoms with van der Waals surface area (Å²) in [5.74, 6) is 0.245. The van der Waals surface area contributed by atoms with Crippen LogP contribution in [0.1, 0.15) is 20.8 Å². The highest BCUT2D eigenvalue weighted by atomic mass is 16.7. The SMILES string of the molecule is COC(=O)OCC(C)OC(=O)OCC(C)C. The number of carbonyl (C=O) groups is 2. The molecule has 0 spiro atoms. The van der Waals surface area contributed by atoms with Crippen molar-refractivity contribution in [3.63, 3.8) is 0 Å². The second-order valence-electron chi connectivity index (χ2n) is 3.65. The molecule has 0 radical (unpaired) electrons. The first-order chi connectivity index (χ1) is 7.45. The van der Waals surface area contributed by atoms with Crippen LogP contribution in [0.4, 0.5) is 9.59 Å². The Morgan fingerprint density at radius 3 is 2.06 bits per heavy atom. The molecule has 0 bridgehead atoms. The Kier molecular flexibility index (Phi) is 7.07. The average molecular weight is 234 g/mol. The molecule has 0 rings (SSSR count). The fourth-order valence-corrected chi connectivity index (χ4v) is 0.711. The first kappa shape index (κ1) is 14.5. The van der Waals surface area contributed by atoms with Gasteiger partial charge in [-0.2, -0.15) is 0 Å². The fourth-order valence-electron chi connectivity index (χ4n) is 0.711. The van der Waals surface area contributed by atoms with Crippen molar-refractivity contribution in [2.75, 3.05) is 20.3 Å². The Morgan fingerprint density at radius 2 is 1.56 bits per heavy atom. The molecule has 0 fully saturated rings. The topological polar surface area (TPSA) is 71.1 Å². The van der Waals surface area contributed by atoms with Crippen LogP contribution in [0.15, 0.2) is 0 Å². The maximum absolute atomic E-state index is 11.1. The Morgan fingerprint density at radius 1 is 1.00 bits per heavy atom. The highest BCUT2D eigenvalue weighted by molar-refractivity contribution is 5.60. The minimum atomic E-state index is -0.814. The van der Waals surface area contributed by atoms with Crippen LogP contribution in [0.5, 0.6) is 0 Å². The maximum Gasteiger partial charge on any atom is 0.508 e.